The van der Waals surface area contributed by atoms with Gasteiger partial charge in [-0.3, -0.25) is 24.3 Å². The summed E-state index contributed by atoms with van der Waals surface area (Å²) in [7, 11) is 0. The molecule has 0 unspecified atom stereocenters. The Morgan fingerprint density at radius 1 is 1.10 bits per heavy atom. The summed E-state index contributed by atoms with van der Waals surface area (Å²) >= 11 is 0. The van der Waals surface area contributed by atoms with Gasteiger partial charge in [-0.15, -0.1) is 0 Å². The molecule has 0 atom stereocenters. The predicted octanol–water partition coefficient (Wildman–Crippen LogP) is 0.582. The minimum atomic E-state index is -1.28. The lowest BCUT2D eigenvalue weighted by Crippen LogP contribution is -2.25. The number of amides is 2. The van der Waals surface area contributed by atoms with E-state index in [1.807, 2.05) is 5.32 Å². The Kier molecular flexibility index (Phi) is 2.62. The Hall–Kier alpha value is -3.03. The number of aromatic nitrogens is 1. The van der Waals surface area contributed by atoms with E-state index >= 15 is 0 Å². The fourth-order valence-electron chi connectivity index (χ4n) is 2.19. The summed E-state index contributed by atoms with van der Waals surface area (Å²) in [5.74, 6) is -4.43. The van der Waals surface area contributed by atoms with Gasteiger partial charge in [0.15, 0.2) is 11.6 Å². The van der Waals surface area contributed by atoms with Crippen LogP contribution in [0.15, 0.2) is 29.1 Å². The fourth-order valence-corrected chi connectivity index (χ4v) is 2.19. The van der Waals surface area contributed by atoms with E-state index in [4.69, 9.17) is 5.73 Å². The average Bonchev–Trinajstić information content (AvgIpc) is 2.69. The fraction of sp³-hybridized carbons (Fsp3) is 0. The Labute approximate surface area is 115 Å². The molecule has 3 rings (SSSR count). The molecule has 1 aliphatic rings. The third kappa shape index (κ3) is 1.72. The Morgan fingerprint density at radius 2 is 1.81 bits per heavy atom. The monoisotopic (exact) mass is 291 g/mol. The molecule has 6 nitrogen and oxygen atoms in total. The van der Waals surface area contributed by atoms with E-state index in [0.717, 1.165) is 18.2 Å². The number of nitrogens with zero attached hydrogens (tertiary/aromatic N) is 1. The topological polar surface area (TPSA) is 94.2 Å². The lowest BCUT2D eigenvalue weighted by molar-refractivity contribution is 0.0880. The first-order valence-electron chi connectivity index (χ1n) is 5.77. The van der Waals surface area contributed by atoms with E-state index in [1.54, 1.807) is 0 Å². The summed E-state index contributed by atoms with van der Waals surface area (Å²) < 4.78 is 27.7. The zero-order chi connectivity index (χ0) is 15.3. The number of nitrogen functional groups attached to an aromatic ring is 1. The number of carbonyl (C=O) groups is 2. The first kappa shape index (κ1) is 13.0. The second kappa shape index (κ2) is 4.23. The second-order valence-corrected chi connectivity index (χ2v) is 4.35. The maximum absolute atomic E-state index is 13.8. The number of nitrogens with one attached hydrogen (secondary N) is 1. The van der Waals surface area contributed by atoms with Crippen molar-refractivity contribution in [3.05, 3.63) is 57.4 Å². The molecule has 2 amide bonds. The number of hydrogen-bond donors (Lipinski definition) is 2. The van der Waals surface area contributed by atoms with Crippen LogP contribution in [0.4, 0.5) is 14.6 Å². The average molecular weight is 291 g/mol. The number of nitrogens with two attached hydrogens (primary N) is 1. The molecule has 0 radical (unpaired) electrons. The van der Waals surface area contributed by atoms with Crippen LogP contribution in [-0.2, 0) is 0 Å². The van der Waals surface area contributed by atoms with Crippen molar-refractivity contribution in [2.24, 2.45) is 0 Å². The van der Waals surface area contributed by atoms with E-state index < -0.39 is 40.5 Å². The molecule has 2 heterocycles. The number of carbonyl (C=O) groups excluding carboxylic acids is 2. The number of pyridine rings is 1. The zero-order valence-electron chi connectivity index (χ0n) is 10.3. The molecule has 0 spiro atoms. The SMILES string of the molecule is Nc1c2c(cc(=O)n1-c1cccc(F)c1F)C(=O)NC2=O. The number of rotatable bonds is 1. The highest BCUT2D eigenvalue weighted by Gasteiger charge is 2.32. The van der Waals surface area contributed by atoms with Gasteiger partial charge in [-0.1, -0.05) is 6.07 Å². The Bertz CT molecular complexity index is 874. The van der Waals surface area contributed by atoms with Crippen molar-refractivity contribution < 1.29 is 18.4 Å². The van der Waals surface area contributed by atoms with Crippen molar-refractivity contribution in [2.75, 3.05) is 5.73 Å². The largest absolute Gasteiger partial charge is 0.384 e. The summed E-state index contributed by atoms with van der Waals surface area (Å²) in [5, 5.41) is 1.98. The lowest BCUT2D eigenvalue weighted by Gasteiger charge is -2.12. The molecule has 3 N–H and O–H groups in total. The summed E-state index contributed by atoms with van der Waals surface area (Å²) in [5.41, 5.74) is 4.00. The first-order chi connectivity index (χ1) is 9.91. The zero-order valence-corrected chi connectivity index (χ0v) is 10.3. The molecular weight excluding hydrogens is 284 g/mol. The van der Waals surface area contributed by atoms with Gasteiger partial charge in [-0.05, 0) is 12.1 Å². The van der Waals surface area contributed by atoms with Crippen LogP contribution >= 0.6 is 0 Å². The normalized spacial score (nSPS) is 13.2. The standard InChI is InChI=1S/C13H7F2N3O3/c14-6-2-1-3-7(10(6)15)18-8(19)4-5-9(11(18)16)13(21)17-12(5)20/h1-4H,16H2,(H,17,20,21). The van der Waals surface area contributed by atoms with Gasteiger partial charge in [0.25, 0.3) is 17.4 Å². The Morgan fingerprint density at radius 3 is 2.52 bits per heavy atom. The van der Waals surface area contributed by atoms with Gasteiger partial charge in [0.05, 0.1) is 16.8 Å². The summed E-state index contributed by atoms with van der Waals surface area (Å²) in [6.07, 6.45) is 0. The molecule has 0 fully saturated rings. The van der Waals surface area contributed by atoms with Crippen molar-refractivity contribution in [1.29, 1.82) is 0 Å². The number of fused-ring (bicyclic) bond motifs is 1. The van der Waals surface area contributed by atoms with E-state index in [9.17, 15) is 23.2 Å². The molecule has 8 heteroatoms. The van der Waals surface area contributed by atoms with E-state index in [1.165, 1.54) is 6.07 Å². The van der Waals surface area contributed by atoms with E-state index in [0.29, 0.717) is 4.57 Å². The van der Waals surface area contributed by atoms with Crippen molar-refractivity contribution >= 4 is 17.6 Å². The molecule has 2 aromatic rings. The highest BCUT2D eigenvalue weighted by molar-refractivity contribution is 6.23. The van der Waals surface area contributed by atoms with Crippen LogP contribution in [0.2, 0.25) is 0 Å². The van der Waals surface area contributed by atoms with E-state index in [2.05, 4.69) is 0 Å². The summed E-state index contributed by atoms with van der Waals surface area (Å²) in [6.45, 7) is 0. The second-order valence-electron chi connectivity index (χ2n) is 4.35. The number of imide groups is 1. The van der Waals surface area contributed by atoms with Gasteiger partial charge in [0.2, 0.25) is 0 Å². The molecule has 1 aromatic carbocycles. The predicted molar refractivity (Wildman–Crippen MR) is 68.2 cm³/mol. The Balaban J connectivity index is 2.39. The third-order valence-electron chi connectivity index (χ3n) is 3.13. The highest BCUT2D eigenvalue weighted by Crippen LogP contribution is 2.24. The van der Waals surface area contributed by atoms with Gasteiger partial charge in [0.1, 0.15) is 5.82 Å². The maximum atomic E-state index is 13.8. The van der Waals surface area contributed by atoms with Crippen LogP contribution in [0.5, 0.6) is 0 Å². The highest BCUT2D eigenvalue weighted by atomic mass is 19.2. The molecular formula is C13H7F2N3O3. The third-order valence-corrected chi connectivity index (χ3v) is 3.13. The number of halogens is 2. The molecule has 106 valence electrons. The quantitative estimate of drug-likeness (QED) is 0.751. The van der Waals surface area contributed by atoms with Crippen LogP contribution < -0.4 is 16.6 Å². The molecule has 1 aromatic heterocycles. The maximum Gasteiger partial charge on any atom is 0.262 e. The van der Waals surface area contributed by atoms with Crippen LogP contribution in [0.3, 0.4) is 0 Å². The lowest BCUT2D eigenvalue weighted by atomic mass is 10.1. The minimum Gasteiger partial charge on any atom is -0.384 e. The van der Waals surface area contributed by atoms with Gasteiger partial charge >= 0.3 is 0 Å². The smallest absolute Gasteiger partial charge is 0.262 e. The number of benzene rings is 1. The molecule has 0 bridgehead atoms. The van der Waals surface area contributed by atoms with E-state index in [-0.39, 0.29) is 11.1 Å². The molecule has 0 aliphatic carbocycles. The summed E-state index contributed by atoms with van der Waals surface area (Å²) in [4.78, 5) is 35.1. The van der Waals surface area contributed by atoms with Gasteiger partial charge < -0.3 is 5.73 Å². The van der Waals surface area contributed by atoms with Crippen LogP contribution in [0.25, 0.3) is 5.69 Å². The van der Waals surface area contributed by atoms with Gasteiger partial charge in [-0.25, -0.2) is 8.78 Å². The minimum absolute atomic E-state index is 0.185. The molecule has 0 saturated carbocycles. The van der Waals surface area contributed by atoms with Crippen molar-refractivity contribution in [2.45, 2.75) is 0 Å². The molecule has 0 saturated heterocycles. The first-order valence-corrected chi connectivity index (χ1v) is 5.77. The number of anilines is 1. The van der Waals surface area contributed by atoms with Crippen LogP contribution in [-0.4, -0.2) is 16.4 Å². The van der Waals surface area contributed by atoms with Crippen molar-refractivity contribution in [3.8, 4) is 5.69 Å². The summed E-state index contributed by atoms with van der Waals surface area (Å²) in [6, 6.07) is 4.06. The van der Waals surface area contributed by atoms with Gasteiger partial charge in [0, 0.05) is 6.07 Å². The van der Waals surface area contributed by atoms with Gasteiger partial charge in [-0.2, -0.15) is 0 Å². The number of hydrogen-bond acceptors (Lipinski definition) is 4. The molecule has 1 aliphatic heterocycles. The van der Waals surface area contributed by atoms with Crippen LogP contribution in [0.1, 0.15) is 20.7 Å². The van der Waals surface area contributed by atoms with Crippen molar-refractivity contribution in [3.63, 3.8) is 0 Å². The van der Waals surface area contributed by atoms with Crippen molar-refractivity contribution in [1.82, 2.24) is 9.88 Å². The van der Waals surface area contributed by atoms with Crippen LogP contribution in [0, 0.1) is 11.6 Å². The molecule has 21 heavy (non-hydrogen) atoms.